The fourth-order valence-electron chi connectivity index (χ4n) is 3.21. The van der Waals surface area contributed by atoms with Crippen LogP contribution in [0.2, 0.25) is 5.02 Å². The normalized spacial score (nSPS) is 17.2. The molecule has 0 N–H and O–H groups in total. The van der Waals surface area contributed by atoms with Gasteiger partial charge in [0.2, 0.25) is 5.95 Å². The molecule has 3 heterocycles. The Hall–Kier alpha value is -2.25. The van der Waals surface area contributed by atoms with Crippen molar-refractivity contribution in [2.24, 2.45) is 0 Å². The molecular formula is C18H18ClFN4O2. The molecule has 1 aromatic heterocycles. The first-order valence-electron chi connectivity index (χ1n) is 8.53. The molecule has 1 saturated heterocycles. The Balaban J connectivity index is 1.55. The summed E-state index contributed by atoms with van der Waals surface area (Å²) in [5.74, 6) is -0.00761. The molecule has 2 aliphatic rings. The van der Waals surface area contributed by atoms with Gasteiger partial charge in [-0.2, -0.15) is 0 Å². The van der Waals surface area contributed by atoms with Crippen LogP contribution < -0.4 is 4.90 Å². The zero-order valence-corrected chi connectivity index (χ0v) is 14.9. The standard InChI is InChI=1S/C18H18ClFN4O2/c19-15-9-13(20)1-2-14(15)17(25)24-4-3-12-10-21-18(22-16(12)11-24)23-5-7-26-8-6-23/h1-2,9-10H,3-8,11H2. The van der Waals surface area contributed by atoms with Crippen LogP contribution in [0.3, 0.4) is 0 Å². The van der Waals surface area contributed by atoms with Gasteiger partial charge in [-0.15, -0.1) is 0 Å². The maximum absolute atomic E-state index is 13.2. The van der Waals surface area contributed by atoms with Gasteiger partial charge in [0.15, 0.2) is 0 Å². The highest BCUT2D eigenvalue weighted by Crippen LogP contribution is 2.24. The van der Waals surface area contributed by atoms with Crippen LogP contribution in [0.15, 0.2) is 24.4 Å². The third kappa shape index (κ3) is 3.37. The third-order valence-corrected chi connectivity index (χ3v) is 4.99. The molecule has 1 amide bonds. The van der Waals surface area contributed by atoms with Gasteiger partial charge in [0.1, 0.15) is 5.82 Å². The lowest BCUT2D eigenvalue weighted by atomic mass is 10.1. The van der Waals surface area contributed by atoms with Gasteiger partial charge in [-0.25, -0.2) is 14.4 Å². The summed E-state index contributed by atoms with van der Waals surface area (Å²) in [4.78, 5) is 25.7. The highest BCUT2D eigenvalue weighted by molar-refractivity contribution is 6.33. The van der Waals surface area contributed by atoms with Crippen molar-refractivity contribution in [2.75, 3.05) is 37.7 Å². The minimum atomic E-state index is -0.460. The highest BCUT2D eigenvalue weighted by Gasteiger charge is 2.26. The summed E-state index contributed by atoms with van der Waals surface area (Å²) in [6.07, 6.45) is 2.53. The van der Waals surface area contributed by atoms with E-state index in [1.165, 1.54) is 12.1 Å². The molecule has 0 aliphatic carbocycles. The van der Waals surface area contributed by atoms with Crippen molar-refractivity contribution in [1.29, 1.82) is 0 Å². The van der Waals surface area contributed by atoms with Crippen molar-refractivity contribution in [3.63, 3.8) is 0 Å². The Labute approximate surface area is 155 Å². The molecule has 136 valence electrons. The first-order valence-corrected chi connectivity index (χ1v) is 8.91. The zero-order valence-electron chi connectivity index (χ0n) is 14.1. The van der Waals surface area contributed by atoms with Crippen LogP contribution in [0.5, 0.6) is 0 Å². The maximum Gasteiger partial charge on any atom is 0.255 e. The number of amides is 1. The van der Waals surface area contributed by atoms with Gasteiger partial charge in [-0.1, -0.05) is 11.6 Å². The van der Waals surface area contributed by atoms with Crippen LogP contribution in [0.25, 0.3) is 0 Å². The average Bonchev–Trinajstić information content (AvgIpc) is 2.67. The number of aromatic nitrogens is 2. The number of benzene rings is 1. The third-order valence-electron chi connectivity index (χ3n) is 4.68. The minimum absolute atomic E-state index is 0.123. The second kappa shape index (κ2) is 7.17. The number of ether oxygens (including phenoxy) is 1. The summed E-state index contributed by atoms with van der Waals surface area (Å²) in [5.41, 5.74) is 2.20. The molecule has 1 aromatic carbocycles. The average molecular weight is 377 g/mol. The zero-order chi connectivity index (χ0) is 18.1. The lowest BCUT2D eigenvalue weighted by molar-refractivity contribution is 0.0731. The largest absolute Gasteiger partial charge is 0.378 e. The number of carbonyl (C=O) groups is 1. The quantitative estimate of drug-likeness (QED) is 0.805. The monoisotopic (exact) mass is 376 g/mol. The highest BCUT2D eigenvalue weighted by atomic mass is 35.5. The Bertz CT molecular complexity index is 842. The van der Waals surface area contributed by atoms with E-state index in [4.69, 9.17) is 16.3 Å². The molecule has 26 heavy (non-hydrogen) atoms. The van der Waals surface area contributed by atoms with E-state index in [0.29, 0.717) is 44.2 Å². The molecule has 2 aromatic rings. The molecule has 0 atom stereocenters. The number of fused-ring (bicyclic) bond motifs is 1. The number of carbonyl (C=O) groups excluding carboxylic acids is 1. The fraction of sp³-hybridized carbons (Fsp3) is 0.389. The molecule has 4 rings (SSSR count). The van der Waals surface area contributed by atoms with Crippen LogP contribution in [0, 0.1) is 5.82 Å². The Kier molecular flexibility index (Phi) is 4.74. The summed E-state index contributed by atoms with van der Waals surface area (Å²) < 4.78 is 18.6. The molecule has 0 bridgehead atoms. The van der Waals surface area contributed by atoms with E-state index < -0.39 is 5.82 Å². The van der Waals surface area contributed by atoms with E-state index in [0.717, 1.165) is 30.4 Å². The van der Waals surface area contributed by atoms with Crippen molar-refractivity contribution < 1.29 is 13.9 Å². The SMILES string of the molecule is O=C(c1ccc(F)cc1Cl)N1CCc2cnc(N3CCOCC3)nc2C1. The summed E-state index contributed by atoms with van der Waals surface area (Å²) in [6.45, 7) is 3.78. The van der Waals surface area contributed by atoms with E-state index in [9.17, 15) is 9.18 Å². The maximum atomic E-state index is 13.2. The van der Waals surface area contributed by atoms with Crippen molar-refractivity contribution in [2.45, 2.75) is 13.0 Å². The van der Waals surface area contributed by atoms with Gasteiger partial charge in [-0.3, -0.25) is 4.79 Å². The van der Waals surface area contributed by atoms with E-state index in [1.54, 1.807) is 4.90 Å². The number of hydrogen-bond acceptors (Lipinski definition) is 5. The molecule has 6 nitrogen and oxygen atoms in total. The Morgan fingerprint density at radius 3 is 2.81 bits per heavy atom. The summed E-state index contributed by atoms with van der Waals surface area (Å²) >= 11 is 6.04. The van der Waals surface area contributed by atoms with Crippen LogP contribution in [0.1, 0.15) is 21.6 Å². The lowest BCUT2D eigenvalue weighted by Crippen LogP contribution is -2.39. The molecule has 8 heteroatoms. The molecule has 1 fully saturated rings. The molecule has 0 radical (unpaired) electrons. The van der Waals surface area contributed by atoms with Crippen LogP contribution in [-0.2, 0) is 17.7 Å². The predicted molar refractivity (Wildman–Crippen MR) is 94.9 cm³/mol. The van der Waals surface area contributed by atoms with E-state index in [-0.39, 0.29) is 10.9 Å². The predicted octanol–water partition coefficient (Wildman–Crippen LogP) is 2.30. The van der Waals surface area contributed by atoms with Crippen LogP contribution in [0.4, 0.5) is 10.3 Å². The number of nitrogens with zero attached hydrogens (tertiary/aromatic N) is 4. The molecule has 2 aliphatic heterocycles. The minimum Gasteiger partial charge on any atom is -0.378 e. The van der Waals surface area contributed by atoms with E-state index >= 15 is 0 Å². The summed E-state index contributed by atoms with van der Waals surface area (Å²) in [7, 11) is 0. The summed E-state index contributed by atoms with van der Waals surface area (Å²) in [6, 6.07) is 3.83. The second-order valence-corrected chi connectivity index (χ2v) is 6.75. The Morgan fingerprint density at radius 2 is 2.04 bits per heavy atom. The van der Waals surface area contributed by atoms with Crippen molar-refractivity contribution in [1.82, 2.24) is 14.9 Å². The van der Waals surface area contributed by atoms with Gasteiger partial charge in [0.05, 0.1) is 36.0 Å². The number of anilines is 1. The van der Waals surface area contributed by atoms with Gasteiger partial charge >= 0.3 is 0 Å². The second-order valence-electron chi connectivity index (χ2n) is 6.34. The number of halogens is 2. The number of morpholine rings is 1. The van der Waals surface area contributed by atoms with Crippen molar-refractivity contribution in [3.05, 3.63) is 52.1 Å². The van der Waals surface area contributed by atoms with Gasteiger partial charge in [0, 0.05) is 25.8 Å². The van der Waals surface area contributed by atoms with E-state index in [2.05, 4.69) is 14.9 Å². The molecular weight excluding hydrogens is 359 g/mol. The first kappa shape index (κ1) is 17.2. The van der Waals surface area contributed by atoms with Crippen molar-refractivity contribution in [3.8, 4) is 0 Å². The number of hydrogen-bond donors (Lipinski definition) is 0. The van der Waals surface area contributed by atoms with Crippen LogP contribution >= 0.6 is 11.6 Å². The summed E-state index contributed by atoms with van der Waals surface area (Å²) in [5, 5.41) is 0.123. The Morgan fingerprint density at radius 1 is 1.23 bits per heavy atom. The number of rotatable bonds is 2. The molecule has 0 unspecified atom stereocenters. The fourth-order valence-corrected chi connectivity index (χ4v) is 3.46. The van der Waals surface area contributed by atoms with Crippen molar-refractivity contribution >= 4 is 23.5 Å². The topological polar surface area (TPSA) is 58.6 Å². The van der Waals surface area contributed by atoms with Crippen LogP contribution in [-0.4, -0.2) is 53.6 Å². The van der Waals surface area contributed by atoms with Gasteiger partial charge < -0.3 is 14.5 Å². The molecule has 0 saturated carbocycles. The first-order chi connectivity index (χ1) is 12.6. The molecule has 0 spiro atoms. The smallest absolute Gasteiger partial charge is 0.255 e. The lowest BCUT2D eigenvalue weighted by Gasteiger charge is -2.31. The van der Waals surface area contributed by atoms with Gasteiger partial charge in [0.25, 0.3) is 5.91 Å². The van der Waals surface area contributed by atoms with E-state index in [1.807, 2.05) is 6.20 Å². The van der Waals surface area contributed by atoms with Gasteiger partial charge in [-0.05, 0) is 30.2 Å².